The van der Waals surface area contributed by atoms with Gasteiger partial charge in [0.25, 0.3) is 0 Å². The molecule has 1 aromatic carbocycles. The van der Waals surface area contributed by atoms with Gasteiger partial charge in [-0.3, -0.25) is 0 Å². The molecule has 0 aliphatic heterocycles. The van der Waals surface area contributed by atoms with Crippen LogP contribution in [0.25, 0.3) is 11.3 Å². The quantitative estimate of drug-likeness (QED) is 0.814. The largest absolute Gasteiger partial charge is 0.442 e. The molecule has 2 N–H and O–H groups in total. The van der Waals surface area contributed by atoms with Crippen molar-refractivity contribution in [3.63, 3.8) is 0 Å². The van der Waals surface area contributed by atoms with E-state index in [1.807, 2.05) is 32.9 Å². The van der Waals surface area contributed by atoms with Crippen LogP contribution in [0.2, 0.25) is 0 Å². The minimum absolute atomic E-state index is 0.0825. The Labute approximate surface area is 155 Å². The molecule has 5 heteroatoms. The van der Waals surface area contributed by atoms with Crippen LogP contribution in [0.3, 0.4) is 0 Å². The number of nitrogens with zero attached hydrogens (tertiary/aromatic N) is 2. The first-order valence-corrected chi connectivity index (χ1v) is 9.20. The molecule has 140 valence electrons. The van der Waals surface area contributed by atoms with Crippen LogP contribution < -0.4 is 5.73 Å². The summed E-state index contributed by atoms with van der Waals surface area (Å²) in [4.78, 5) is 12.6. The summed E-state index contributed by atoms with van der Waals surface area (Å²) < 4.78 is 6.88. The predicted octanol–water partition coefficient (Wildman–Crippen LogP) is 5.09. The highest BCUT2D eigenvalue weighted by Gasteiger charge is 2.35. The molecule has 0 saturated heterocycles. The number of nitrogen functional groups attached to an aromatic ring is 1. The molecule has 0 atom stereocenters. The smallest absolute Gasteiger partial charge is 0.435 e. The second-order valence-electron chi connectivity index (χ2n) is 9.14. The maximum absolute atomic E-state index is 12.6. The van der Waals surface area contributed by atoms with Gasteiger partial charge in [0.1, 0.15) is 11.3 Å². The lowest BCUT2D eigenvalue weighted by Crippen LogP contribution is -2.28. The molecule has 0 unspecified atom stereocenters. The van der Waals surface area contributed by atoms with Gasteiger partial charge in [0.15, 0.2) is 0 Å². The summed E-state index contributed by atoms with van der Waals surface area (Å²) in [5.74, 6) is 0.289. The Morgan fingerprint density at radius 3 is 2.15 bits per heavy atom. The number of hydrogen-bond donors (Lipinski definition) is 1. The van der Waals surface area contributed by atoms with E-state index in [4.69, 9.17) is 10.5 Å². The number of rotatable bonds is 2. The van der Waals surface area contributed by atoms with Crippen molar-refractivity contribution < 1.29 is 9.53 Å². The summed E-state index contributed by atoms with van der Waals surface area (Å²) in [5, 5.41) is 4.53. The van der Waals surface area contributed by atoms with Crippen molar-refractivity contribution in [1.82, 2.24) is 9.78 Å². The van der Waals surface area contributed by atoms with Crippen LogP contribution >= 0.6 is 0 Å². The van der Waals surface area contributed by atoms with Crippen LogP contribution in [0.15, 0.2) is 24.3 Å². The third-order valence-corrected chi connectivity index (χ3v) is 4.51. The molecular formula is C21H29N3O2. The van der Waals surface area contributed by atoms with Crippen molar-refractivity contribution in [2.24, 2.45) is 0 Å². The van der Waals surface area contributed by atoms with E-state index >= 15 is 0 Å². The molecule has 5 nitrogen and oxygen atoms in total. The minimum atomic E-state index is -0.576. The van der Waals surface area contributed by atoms with E-state index in [9.17, 15) is 4.79 Å². The number of hydrogen-bond acceptors (Lipinski definition) is 4. The predicted molar refractivity (Wildman–Crippen MR) is 104 cm³/mol. The molecule has 1 aliphatic carbocycles. The standard InChI is InChI=1S/C21H29N3O2/c1-20(2,3)15-11-9-13(10-12-15)17-16(22)18(14-7-8-14)24(23-17)19(25)26-21(4,5)6/h9-12,14H,7-8,22H2,1-6H3. The number of benzene rings is 1. The Morgan fingerprint density at radius 2 is 1.69 bits per heavy atom. The monoisotopic (exact) mass is 355 g/mol. The van der Waals surface area contributed by atoms with Crippen LogP contribution in [-0.4, -0.2) is 21.5 Å². The van der Waals surface area contributed by atoms with E-state index in [0.717, 1.165) is 24.1 Å². The molecular weight excluding hydrogens is 326 g/mol. The summed E-state index contributed by atoms with van der Waals surface area (Å²) >= 11 is 0. The maximum atomic E-state index is 12.6. The van der Waals surface area contributed by atoms with Crippen molar-refractivity contribution in [3.8, 4) is 11.3 Å². The second kappa shape index (κ2) is 6.15. The summed E-state index contributed by atoms with van der Waals surface area (Å²) in [6.45, 7) is 12.1. The van der Waals surface area contributed by atoms with Gasteiger partial charge in [0.2, 0.25) is 0 Å². The van der Waals surface area contributed by atoms with Crippen LogP contribution in [0.4, 0.5) is 10.5 Å². The molecule has 1 aromatic heterocycles. The van der Waals surface area contributed by atoms with Crippen LogP contribution in [-0.2, 0) is 10.2 Å². The number of carbonyl (C=O) groups excluding carboxylic acids is 1. The number of carbonyl (C=O) groups is 1. The average Bonchev–Trinajstić information content (AvgIpc) is 3.28. The lowest BCUT2D eigenvalue weighted by Gasteiger charge is -2.19. The topological polar surface area (TPSA) is 70.1 Å². The fraction of sp³-hybridized carbons (Fsp3) is 0.524. The Bertz CT molecular complexity index is 817. The van der Waals surface area contributed by atoms with Gasteiger partial charge in [0.05, 0.1) is 11.4 Å². The van der Waals surface area contributed by atoms with Gasteiger partial charge in [-0.05, 0) is 44.6 Å². The van der Waals surface area contributed by atoms with Gasteiger partial charge < -0.3 is 10.5 Å². The molecule has 1 heterocycles. The zero-order valence-corrected chi connectivity index (χ0v) is 16.6. The van der Waals surface area contributed by atoms with Crippen LogP contribution in [0.5, 0.6) is 0 Å². The molecule has 0 amide bonds. The first-order valence-electron chi connectivity index (χ1n) is 9.20. The molecule has 0 bridgehead atoms. The van der Waals surface area contributed by atoms with Crippen LogP contribution in [0, 0.1) is 0 Å². The van der Waals surface area contributed by atoms with E-state index in [2.05, 4.69) is 38.0 Å². The van der Waals surface area contributed by atoms with Crippen molar-refractivity contribution in [3.05, 3.63) is 35.5 Å². The van der Waals surface area contributed by atoms with Crippen molar-refractivity contribution in [2.75, 3.05) is 5.73 Å². The Morgan fingerprint density at radius 1 is 1.12 bits per heavy atom. The SMILES string of the molecule is CC(C)(C)OC(=O)n1nc(-c2ccc(C(C)(C)C)cc2)c(N)c1C1CC1. The van der Waals surface area contributed by atoms with Gasteiger partial charge in [0, 0.05) is 11.5 Å². The van der Waals surface area contributed by atoms with Gasteiger partial charge in [-0.15, -0.1) is 0 Å². The summed E-state index contributed by atoms with van der Waals surface area (Å²) in [6, 6.07) is 8.24. The molecule has 26 heavy (non-hydrogen) atoms. The third-order valence-electron chi connectivity index (χ3n) is 4.51. The lowest BCUT2D eigenvalue weighted by molar-refractivity contribution is 0.0510. The fourth-order valence-corrected chi connectivity index (χ4v) is 2.98. The Balaban J connectivity index is 2.01. The van der Waals surface area contributed by atoms with Crippen molar-refractivity contribution >= 4 is 11.8 Å². The number of nitrogens with two attached hydrogens (primary N) is 1. The maximum Gasteiger partial charge on any atom is 0.435 e. The first kappa shape index (κ1) is 18.5. The molecule has 1 saturated carbocycles. The van der Waals surface area contributed by atoms with Gasteiger partial charge in [-0.1, -0.05) is 45.0 Å². The molecule has 1 aliphatic rings. The van der Waals surface area contributed by atoms with E-state index < -0.39 is 11.7 Å². The van der Waals surface area contributed by atoms with Crippen molar-refractivity contribution in [2.45, 2.75) is 71.3 Å². The highest BCUT2D eigenvalue weighted by Crippen LogP contribution is 2.45. The lowest BCUT2D eigenvalue weighted by atomic mass is 9.86. The van der Waals surface area contributed by atoms with Gasteiger partial charge in [-0.2, -0.15) is 9.78 Å². The average molecular weight is 355 g/mol. The minimum Gasteiger partial charge on any atom is -0.442 e. The summed E-state index contributed by atoms with van der Waals surface area (Å²) in [6.07, 6.45) is 1.59. The molecule has 2 aromatic rings. The fourth-order valence-electron chi connectivity index (χ4n) is 2.98. The zero-order chi connectivity index (χ0) is 19.3. The summed E-state index contributed by atoms with van der Waals surface area (Å²) in [7, 11) is 0. The highest BCUT2D eigenvalue weighted by molar-refractivity contribution is 5.81. The molecule has 1 fully saturated rings. The van der Waals surface area contributed by atoms with E-state index in [0.29, 0.717) is 11.4 Å². The number of ether oxygens (including phenoxy) is 1. The zero-order valence-electron chi connectivity index (χ0n) is 16.6. The molecule has 0 spiro atoms. The summed E-state index contributed by atoms with van der Waals surface area (Å²) in [5.41, 5.74) is 10.1. The normalized spacial score (nSPS) is 15.2. The Hall–Kier alpha value is -2.30. The van der Waals surface area contributed by atoms with Crippen molar-refractivity contribution in [1.29, 1.82) is 0 Å². The van der Waals surface area contributed by atoms with Gasteiger partial charge in [-0.25, -0.2) is 4.79 Å². The van der Waals surface area contributed by atoms with Gasteiger partial charge >= 0.3 is 6.09 Å². The van der Waals surface area contributed by atoms with E-state index in [1.54, 1.807) is 0 Å². The Kier molecular flexibility index (Phi) is 4.37. The van der Waals surface area contributed by atoms with Crippen LogP contribution in [0.1, 0.15) is 71.6 Å². The third kappa shape index (κ3) is 3.76. The number of aromatic nitrogens is 2. The first-order chi connectivity index (χ1) is 12.0. The highest BCUT2D eigenvalue weighted by atomic mass is 16.6. The van der Waals surface area contributed by atoms with E-state index in [1.165, 1.54) is 10.2 Å². The second-order valence-corrected chi connectivity index (χ2v) is 9.14. The molecule has 0 radical (unpaired) electrons. The van der Waals surface area contributed by atoms with E-state index in [-0.39, 0.29) is 11.3 Å². The molecule has 3 rings (SSSR count). The number of anilines is 1.